The Kier molecular flexibility index (Phi) is 9.26. The van der Waals surface area contributed by atoms with Gasteiger partial charge < -0.3 is 18.6 Å². The normalized spacial score (nSPS) is 28.2. The second-order valence-electron chi connectivity index (χ2n) is 16.0. The molecule has 1 spiro atoms. The highest BCUT2D eigenvalue weighted by Gasteiger charge is 2.57. The molecule has 3 aliphatic heterocycles. The number of benzene rings is 1. The Labute approximate surface area is 291 Å². The molecule has 0 amide bonds. The molecule has 0 N–H and O–H groups in total. The lowest BCUT2D eigenvalue weighted by Gasteiger charge is -2.47. The number of pyridine rings is 1. The van der Waals surface area contributed by atoms with E-state index in [1.807, 2.05) is 6.07 Å². The van der Waals surface area contributed by atoms with E-state index in [4.69, 9.17) is 23.6 Å². The monoisotopic (exact) mass is 782 g/mol. The molecular formula is C36H46F3IN2O4Si. The van der Waals surface area contributed by atoms with Gasteiger partial charge >= 0.3 is 6.18 Å². The van der Waals surface area contributed by atoms with Crippen LogP contribution in [0.3, 0.4) is 0 Å². The van der Waals surface area contributed by atoms with Crippen molar-refractivity contribution in [2.45, 2.75) is 119 Å². The standard InChI is InChI=1S/C36H46F3IN2O4Si/c1-33(2,3)47(6,7)46-26-18-34(4,5)17-25-28(26)30-29(31(42-25)21-10-13-43-14-11-21)32(45-35(30)12-15-44-20-27(35)40)22-8-9-24(36(37,38)39)23(16-22)19-41/h8-9,16,21,26-27,32H,10-15,17-18,20H2,1-7H3/t26?,27?,32-,35?/m1/s1. The van der Waals surface area contributed by atoms with E-state index in [-0.39, 0.29) is 26.4 Å². The first-order valence-electron chi connectivity index (χ1n) is 16.7. The summed E-state index contributed by atoms with van der Waals surface area (Å²) in [4.78, 5) is 5.55. The largest absolute Gasteiger partial charge is 0.417 e. The van der Waals surface area contributed by atoms with E-state index >= 15 is 0 Å². The smallest absolute Gasteiger partial charge is 0.410 e. The predicted octanol–water partition coefficient (Wildman–Crippen LogP) is 9.44. The molecule has 4 atom stereocenters. The Hall–Kier alpha value is -1.56. The maximum Gasteiger partial charge on any atom is 0.417 e. The molecule has 2 fully saturated rings. The summed E-state index contributed by atoms with van der Waals surface area (Å²) in [5.41, 5.74) is 3.57. The van der Waals surface area contributed by atoms with Gasteiger partial charge in [0.2, 0.25) is 0 Å². The van der Waals surface area contributed by atoms with Crippen molar-refractivity contribution in [2.24, 2.45) is 5.41 Å². The number of fused-ring (bicyclic) bond motifs is 4. The van der Waals surface area contributed by atoms with Crippen LogP contribution in [0, 0.1) is 16.7 Å². The van der Waals surface area contributed by atoms with Crippen molar-refractivity contribution in [3.63, 3.8) is 0 Å². The molecule has 0 saturated carbocycles. The highest BCUT2D eigenvalue weighted by atomic mass is 127. The van der Waals surface area contributed by atoms with Gasteiger partial charge in [-0.15, -0.1) is 0 Å². The van der Waals surface area contributed by atoms with Gasteiger partial charge in [0.25, 0.3) is 0 Å². The number of halogens is 4. The highest BCUT2D eigenvalue weighted by Crippen LogP contribution is 2.60. The van der Waals surface area contributed by atoms with Crippen molar-refractivity contribution in [3.8, 4) is 6.07 Å². The van der Waals surface area contributed by atoms with E-state index < -0.39 is 37.3 Å². The zero-order valence-corrected chi connectivity index (χ0v) is 31.6. The van der Waals surface area contributed by atoms with E-state index in [0.717, 1.165) is 59.8 Å². The topological polar surface area (TPSA) is 73.6 Å². The Morgan fingerprint density at radius 3 is 2.38 bits per heavy atom. The first kappa shape index (κ1) is 35.3. The first-order chi connectivity index (χ1) is 21.9. The van der Waals surface area contributed by atoms with Crippen LogP contribution in [0.1, 0.15) is 123 Å². The van der Waals surface area contributed by atoms with Gasteiger partial charge in [0.1, 0.15) is 11.7 Å². The zero-order valence-electron chi connectivity index (χ0n) is 28.4. The molecule has 1 aromatic carbocycles. The molecule has 1 aromatic heterocycles. The van der Waals surface area contributed by atoms with Gasteiger partial charge in [0.15, 0.2) is 8.32 Å². The van der Waals surface area contributed by atoms with Crippen LogP contribution >= 0.6 is 22.6 Å². The summed E-state index contributed by atoms with van der Waals surface area (Å²) in [6, 6.07) is 5.69. The molecule has 0 radical (unpaired) electrons. The third-order valence-electron chi connectivity index (χ3n) is 11.1. The molecular weight excluding hydrogens is 736 g/mol. The fraction of sp³-hybridized carbons (Fsp3) is 0.667. The number of nitriles is 1. The maximum absolute atomic E-state index is 13.9. The van der Waals surface area contributed by atoms with E-state index in [0.29, 0.717) is 38.4 Å². The summed E-state index contributed by atoms with van der Waals surface area (Å²) >= 11 is 2.44. The van der Waals surface area contributed by atoms with Crippen LogP contribution in [-0.2, 0) is 36.8 Å². The zero-order chi connectivity index (χ0) is 34.2. The van der Waals surface area contributed by atoms with Crippen molar-refractivity contribution >= 4 is 30.9 Å². The number of nitrogens with zero attached hydrogens (tertiary/aromatic N) is 2. The van der Waals surface area contributed by atoms with Crippen LogP contribution in [0.15, 0.2) is 18.2 Å². The molecule has 3 unspecified atom stereocenters. The second-order valence-corrected chi connectivity index (χ2v) is 22.3. The predicted molar refractivity (Wildman–Crippen MR) is 184 cm³/mol. The SMILES string of the molecule is CC1(C)Cc2nc(C3CCOCC3)c3c(c2C(O[Si](C)(C)C(C)(C)C)C1)C1(CCOCC1I)O[C@@H]3c1ccc(C(F)(F)F)c(C#N)c1. The third kappa shape index (κ3) is 6.33. The van der Waals surface area contributed by atoms with Gasteiger partial charge in [-0.05, 0) is 66.9 Å². The summed E-state index contributed by atoms with van der Waals surface area (Å²) < 4.78 is 68.0. The molecule has 1 aliphatic carbocycles. The number of ether oxygens (including phenoxy) is 3. The van der Waals surface area contributed by atoms with Gasteiger partial charge in [-0.3, -0.25) is 4.98 Å². The number of rotatable bonds is 4. The van der Waals surface area contributed by atoms with Crippen molar-refractivity contribution in [3.05, 3.63) is 63.0 Å². The minimum atomic E-state index is -4.64. The molecule has 256 valence electrons. The average molecular weight is 783 g/mol. The second kappa shape index (κ2) is 12.3. The van der Waals surface area contributed by atoms with Crippen molar-refractivity contribution < 1.29 is 31.8 Å². The van der Waals surface area contributed by atoms with Crippen LogP contribution in [0.4, 0.5) is 13.2 Å². The van der Waals surface area contributed by atoms with Gasteiger partial charge in [-0.2, -0.15) is 18.4 Å². The first-order valence-corrected chi connectivity index (χ1v) is 20.9. The van der Waals surface area contributed by atoms with Gasteiger partial charge in [-0.25, -0.2) is 0 Å². The number of hydrogen-bond donors (Lipinski definition) is 0. The van der Waals surface area contributed by atoms with E-state index in [1.54, 1.807) is 0 Å². The van der Waals surface area contributed by atoms with E-state index in [2.05, 4.69) is 70.3 Å². The maximum atomic E-state index is 13.9. The molecule has 6 nitrogen and oxygen atoms in total. The molecule has 0 bridgehead atoms. The Morgan fingerprint density at radius 2 is 1.77 bits per heavy atom. The van der Waals surface area contributed by atoms with Crippen LogP contribution in [-0.4, -0.2) is 43.7 Å². The molecule has 4 aliphatic rings. The Balaban J connectivity index is 1.65. The summed E-state index contributed by atoms with van der Waals surface area (Å²) in [5.74, 6) is 0.117. The summed E-state index contributed by atoms with van der Waals surface area (Å²) in [5, 5.41) is 9.84. The fourth-order valence-corrected chi connectivity index (χ4v) is 9.96. The van der Waals surface area contributed by atoms with Crippen molar-refractivity contribution in [2.75, 3.05) is 26.4 Å². The number of hydrogen-bond acceptors (Lipinski definition) is 6. The number of alkyl halides is 4. The lowest BCUT2D eigenvalue weighted by molar-refractivity contribution is -0.137. The van der Waals surface area contributed by atoms with Gasteiger partial charge in [-0.1, -0.05) is 63.3 Å². The van der Waals surface area contributed by atoms with E-state index in [1.165, 1.54) is 12.1 Å². The lowest BCUT2D eigenvalue weighted by Crippen LogP contribution is -2.47. The van der Waals surface area contributed by atoms with Crippen LogP contribution < -0.4 is 0 Å². The average Bonchev–Trinajstić information content (AvgIpc) is 3.32. The molecule has 2 saturated heterocycles. The Bertz CT molecular complexity index is 1580. The van der Waals surface area contributed by atoms with Crippen LogP contribution in [0.25, 0.3) is 0 Å². The van der Waals surface area contributed by atoms with Crippen molar-refractivity contribution in [1.82, 2.24) is 4.98 Å². The molecule has 6 rings (SSSR count). The Morgan fingerprint density at radius 1 is 1.06 bits per heavy atom. The van der Waals surface area contributed by atoms with Gasteiger partial charge in [0, 0.05) is 54.5 Å². The lowest BCUT2D eigenvalue weighted by atomic mass is 9.69. The molecule has 11 heteroatoms. The quantitative estimate of drug-likeness (QED) is 0.175. The summed E-state index contributed by atoms with van der Waals surface area (Å²) in [6.07, 6.45) is -1.68. The summed E-state index contributed by atoms with van der Waals surface area (Å²) in [7, 11) is -2.25. The number of aromatic nitrogens is 1. The van der Waals surface area contributed by atoms with E-state index in [9.17, 15) is 18.4 Å². The molecule has 47 heavy (non-hydrogen) atoms. The third-order valence-corrected chi connectivity index (χ3v) is 17.0. The minimum absolute atomic E-state index is 0.0114. The van der Waals surface area contributed by atoms with Crippen LogP contribution in [0.5, 0.6) is 0 Å². The van der Waals surface area contributed by atoms with Crippen molar-refractivity contribution in [1.29, 1.82) is 5.26 Å². The minimum Gasteiger partial charge on any atom is -0.410 e. The molecule has 2 aromatic rings. The fourth-order valence-electron chi connectivity index (χ4n) is 7.67. The van der Waals surface area contributed by atoms with Gasteiger partial charge in [0.05, 0.1) is 39.5 Å². The van der Waals surface area contributed by atoms with Crippen LogP contribution in [0.2, 0.25) is 18.1 Å². The highest BCUT2D eigenvalue weighted by molar-refractivity contribution is 14.1. The summed E-state index contributed by atoms with van der Waals surface area (Å²) in [6.45, 7) is 18.2. The molecule has 4 heterocycles.